The number of ketones is 1. The van der Waals surface area contributed by atoms with Crippen molar-refractivity contribution in [2.24, 2.45) is 11.3 Å². The Kier molecular flexibility index (Phi) is 3.74. The van der Waals surface area contributed by atoms with E-state index in [-0.39, 0.29) is 0 Å². The third-order valence-electron chi connectivity index (χ3n) is 5.21. The van der Waals surface area contributed by atoms with Crippen LogP contribution in [0.5, 0.6) is 0 Å². The monoisotopic (exact) mass is 273 g/mol. The minimum atomic E-state index is 0.356. The number of fused-ring (bicyclic) bond motifs is 1. The molecule has 1 aromatic rings. The number of aromatic nitrogens is 1. The number of nitrogens with zero attached hydrogens (tertiary/aromatic N) is 1. The lowest BCUT2D eigenvalue weighted by Crippen LogP contribution is -2.27. The van der Waals surface area contributed by atoms with Gasteiger partial charge in [-0.1, -0.05) is 26.7 Å². The van der Waals surface area contributed by atoms with E-state index in [0.29, 0.717) is 11.2 Å². The van der Waals surface area contributed by atoms with Gasteiger partial charge in [-0.2, -0.15) is 0 Å². The highest BCUT2D eigenvalue weighted by atomic mass is 16.1. The summed E-state index contributed by atoms with van der Waals surface area (Å²) >= 11 is 0. The van der Waals surface area contributed by atoms with Crippen molar-refractivity contribution >= 4 is 5.78 Å². The number of hydrogen-bond acceptors (Lipinski definition) is 1. The fraction of sp³-hybridized carbons (Fsp3) is 0.722. The van der Waals surface area contributed by atoms with Gasteiger partial charge in [0, 0.05) is 30.4 Å². The van der Waals surface area contributed by atoms with E-state index in [9.17, 15) is 4.79 Å². The first-order chi connectivity index (χ1) is 9.60. The van der Waals surface area contributed by atoms with E-state index in [0.717, 1.165) is 37.3 Å². The second-order valence-corrected chi connectivity index (χ2v) is 7.39. The first kappa shape index (κ1) is 13.9. The van der Waals surface area contributed by atoms with Crippen molar-refractivity contribution in [3.8, 4) is 0 Å². The molecule has 1 aromatic heterocycles. The van der Waals surface area contributed by atoms with E-state index < -0.39 is 0 Å². The number of carbonyl (C=O) groups is 1. The second kappa shape index (κ2) is 5.38. The molecule has 0 atom stereocenters. The van der Waals surface area contributed by atoms with Gasteiger partial charge in [-0.15, -0.1) is 0 Å². The highest BCUT2D eigenvalue weighted by molar-refractivity contribution is 5.98. The first-order valence-electron chi connectivity index (χ1n) is 8.31. The Labute approximate surface area is 122 Å². The summed E-state index contributed by atoms with van der Waals surface area (Å²) < 4.78 is 2.42. The predicted molar refractivity (Wildman–Crippen MR) is 82.1 cm³/mol. The van der Waals surface area contributed by atoms with Crippen LogP contribution in [0.3, 0.4) is 0 Å². The summed E-state index contributed by atoms with van der Waals surface area (Å²) in [4.78, 5) is 12.0. The van der Waals surface area contributed by atoms with Gasteiger partial charge in [-0.25, -0.2) is 0 Å². The Morgan fingerprint density at radius 3 is 2.65 bits per heavy atom. The van der Waals surface area contributed by atoms with Crippen molar-refractivity contribution in [2.45, 2.75) is 71.8 Å². The minimum Gasteiger partial charge on any atom is -0.350 e. The average molecular weight is 273 g/mol. The van der Waals surface area contributed by atoms with Gasteiger partial charge in [0.2, 0.25) is 0 Å². The maximum absolute atomic E-state index is 12.0. The highest BCUT2D eigenvalue weighted by Gasteiger charge is 2.35. The molecular formula is C18H27NO. The Balaban J connectivity index is 1.84. The molecule has 0 radical (unpaired) electrons. The van der Waals surface area contributed by atoms with Gasteiger partial charge in [-0.3, -0.25) is 4.79 Å². The van der Waals surface area contributed by atoms with Gasteiger partial charge in [0.1, 0.15) is 0 Å². The summed E-state index contributed by atoms with van der Waals surface area (Å²) in [6.45, 7) is 5.82. The SMILES string of the molecule is CC(C)CC1(Cn2ccc3c2CCCC3=O)CCCC1. The zero-order valence-corrected chi connectivity index (χ0v) is 13.0. The van der Waals surface area contributed by atoms with Crippen molar-refractivity contribution in [3.05, 3.63) is 23.5 Å². The zero-order valence-electron chi connectivity index (χ0n) is 13.0. The molecule has 1 fully saturated rings. The number of Topliss-reactive ketones (excluding diaryl/α,β-unsaturated/α-hetero) is 1. The fourth-order valence-corrected chi connectivity index (χ4v) is 4.52. The van der Waals surface area contributed by atoms with E-state index in [1.54, 1.807) is 0 Å². The number of carbonyl (C=O) groups excluding carboxylic acids is 1. The van der Waals surface area contributed by atoms with Crippen LogP contribution >= 0.6 is 0 Å². The van der Waals surface area contributed by atoms with Crippen LogP contribution in [0.1, 0.15) is 74.8 Å². The molecule has 0 aromatic carbocycles. The molecule has 0 bridgehead atoms. The molecule has 0 amide bonds. The first-order valence-corrected chi connectivity index (χ1v) is 8.31. The third kappa shape index (κ3) is 2.57. The van der Waals surface area contributed by atoms with Gasteiger partial charge < -0.3 is 4.57 Å². The lowest BCUT2D eigenvalue weighted by atomic mass is 9.78. The Morgan fingerprint density at radius 1 is 1.20 bits per heavy atom. The Bertz CT molecular complexity index is 492. The smallest absolute Gasteiger partial charge is 0.164 e. The summed E-state index contributed by atoms with van der Waals surface area (Å²) in [5.41, 5.74) is 2.81. The standard InChI is InChI=1S/C18H27NO/c1-14(2)12-18(9-3-4-10-18)13-19-11-8-15-16(19)6-5-7-17(15)20/h8,11,14H,3-7,9-10,12-13H2,1-2H3. The van der Waals surface area contributed by atoms with Crippen LogP contribution in [0.4, 0.5) is 0 Å². The van der Waals surface area contributed by atoms with E-state index in [4.69, 9.17) is 0 Å². The van der Waals surface area contributed by atoms with Crippen molar-refractivity contribution in [3.63, 3.8) is 0 Å². The van der Waals surface area contributed by atoms with Crippen LogP contribution in [-0.2, 0) is 13.0 Å². The van der Waals surface area contributed by atoms with E-state index >= 15 is 0 Å². The highest BCUT2D eigenvalue weighted by Crippen LogP contribution is 2.45. The molecule has 3 rings (SSSR count). The van der Waals surface area contributed by atoms with Gasteiger partial charge in [0.05, 0.1) is 0 Å². The molecule has 2 nitrogen and oxygen atoms in total. The molecule has 0 aliphatic heterocycles. The lowest BCUT2D eigenvalue weighted by molar-refractivity contribution is 0.0970. The van der Waals surface area contributed by atoms with Crippen LogP contribution in [0.15, 0.2) is 12.3 Å². The number of rotatable bonds is 4. The summed E-state index contributed by atoms with van der Waals surface area (Å²) in [6, 6.07) is 2.06. The summed E-state index contributed by atoms with van der Waals surface area (Å²) in [7, 11) is 0. The molecule has 20 heavy (non-hydrogen) atoms. The molecule has 110 valence electrons. The Morgan fingerprint density at radius 2 is 1.95 bits per heavy atom. The molecule has 1 saturated carbocycles. The maximum atomic E-state index is 12.0. The van der Waals surface area contributed by atoms with Crippen LogP contribution in [-0.4, -0.2) is 10.4 Å². The number of hydrogen-bond donors (Lipinski definition) is 0. The van der Waals surface area contributed by atoms with Crippen LogP contribution in [0.2, 0.25) is 0 Å². The molecule has 0 spiro atoms. The molecule has 0 saturated heterocycles. The topological polar surface area (TPSA) is 22.0 Å². The quantitative estimate of drug-likeness (QED) is 0.785. The van der Waals surface area contributed by atoms with Crippen molar-refractivity contribution in [1.29, 1.82) is 0 Å². The maximum Gasteiger partial charge on any atom is 0.164 e. The van der Waals surface area contributed by atoms with E-state index in [1.165, 1.54) is 37.8 Å². The van der Waals surface area contributed by atoms with Crippen LogP contribution in [0.25, 0.3) is 0 Å². The van der Waals surface area contributed by atoms with Gasteiger partial charge >= 0.3 is 0 Å². The molecule has 2 heteroatoms. The molecular weight excluding hydrogens is 246 g/mol. The van der Waals surface area contributed by atoms with E-state index in [1.807, 2.05) is 0 Å². The van der Waals surface area contributed by atoms with E-state index in [2.05, 4.69) is 30.7 Å². The normalized spacial score (nSPS) is 21.4. The van der Waals surface area contributed by atoms with Crippen LogP contribution < -0.4 is 0 Å². The minimum absolute atomic E-state index is 0.356. The van der Waals surface area contributed by atoms with Crippen molar-refractivity contribution in [2.75, 3.05) is 0 Å². The zero-order chi connectivity index (χ0) is 14.2. The van der Waals surface area contributed by atoms with Gasteiger partial charge in [-0.05, 0) is 49.5 Å². The van der Waals surface area contributed by atoms with Gasteiger partial charge in [0.25, 0.3) is 0 Å². The molecule has 2 aliphatic carbocycles. The molecule has 0 N–H and O–H groups in total. The van der Waals surface area contributed by atoms with Gasteiger partial charge in [0.15, 0.2) is 5.78 Å². The molecule has 1 heterocycles. The summed E-state index contributed by atoms with van der Waals surface area (Å²) in [6.07, 6.45) is 11.9. The van der Waals surface area contributed by atoms with Crippen LogP contribution in [0, 0.1) is 11.3 Å². The largest absolute Gasteiger partial charge is 0.350 e. The summed E-state index contributed by atoms with van der Waals surface area (Å²) in [5.74, 6) is 1.12. The van der Waals surface area contributed by atoms with Crippen molar-refractivity contribution < 1.29 is 4.79 Å². The third-order valence-corrected chi connectivity index (χ3v) is 5.21. The Hall–Kier alpha value is -1.05. The fourth-order valence-electron chi connectivity index (χ4n) is 4.52. The molecule has 0 unspecified atom stereocenters. The second-order valence-electron chi connectivity index (χ2n) is 7.39. The predicted octanol–water partition coefficient (Wildman–Crippen LogP) is 4.61. The summed E-state index contributed by atoms with van der Waals surface area (Å²) in [5, 5.41) is 0. The lowest BCUT2D eigenvalue weighted by Gasteiger charge is -2.32. The average Bonchev–Trinajstić information content (AvgIpc) is 2.98. The molecule has 2 aliphatic rings. The van der Waals surface area contributed by atoms with Crippen molar-refractivity contribution in [1.82, 2.24) is 4.57 Å².